The van der Waals surface area contributed by atoms with Crippen molar-refractivity contribution >= 4 is 17.6 Å². The molecule has 0 fully saturated rings. The zero-order valence-electron chi connectivity index (χ0n) is 15.1. The molecule has 1 atom stereocenters. The van der Waals surface area contributed by atoms with Gasteiger partial charge in [-0.15, -0.1) is 0 Å². The number of benzene rings is 2. The number of hydrogen-bond donors (Lipinski definition) is 1. The Kier molecular flexibility index (Phi) is 6.43. The first-order valence-corrected chi connectivity index (χ1v) is 7.87. The zero-order valence-corrected chi connectivity index (χ0v) is 15.1. The standard InChI is InChI=1S/C19H21NO6/c1-12(18(21)20-14-8-6-5-7-9-14)26-19(22)13-10-15(23-2)17(25-4)16(11-13)24-3/h5-12H,1-4H3,(H,20,21). The van der Waals surface area contributed by atoms with Gasteiger partial charge in [0, 0.05) is 5.69 Å². The van der Waals surface area contributed by atoms with Gasteiger partial charge in [-0.3, -0.25) is 4.79 Å². The molecule has 1 amide bonds. The molecular weight excluding hydrogens is 338 g/mol. The monoisotopic (exact) mass is 359 g/mol. The number of rotatable bonds is 7. The van der Waals surface area contributed by atoms with Crippen LogP contribution >= 0.6 is 0 Å². The molecule has 1 N–H and O–H groups in total. The maximum Gasteiger partial charge on any atom is 0.339 e. The van der Waals surface area contributed by atoms with E-state index in [4.69, 9.17) is 18.9 Å². The minimum atomic E-state index is -0.984. The number of ether oxygens (including phenoxy) is 4. The molecule has 0 aromatic heterocycles. The van der Waals surface area contributed by atoms with Crippen molar-refractivity contribution in [1.82, 2.24) is 0 Å². The summed E-state index contributed by atoms with van der Waals surface area (Å²) >= 11 is 0. The normalized spacial score (nSPS) is 11.2. The molecular formula is C19H21NO6. The largest absolute Gasteiger partial charge is 0.493 e. The van der Waals surface area contributed by atoms with Crippen molar-refractivity contribution in [2.75, 3.05) is 26.6 Å². The quantitative estimate of drug-likeness (QED) is 0.766. The molecule has 0 spiro atoms. The van der Waals surface area contributed by atoms with Crippen molar-refractivity contribution in [1.29, 1.82) is 0 Å². The Morgan fingerprint density at radius 1 is 0.923 bits per heavy atom. The lowest BCUT2D eigenvalue weighted by Crippen LogP contribution is -2.30. The van der Waals surface area contributed by atoms with Crippen molar-refractivity contribution in [3.8, 4) is 17.2 Å². The van der Waals surface area contributed by atoms with Crippen molar-refractivity contribution in [3.63, 3.8) is 0 Å². The van der Waals surface area contributed by atoms with Gasteiger partial charge in [0.25, 0.3) is 5.91 Å². The van der Waals surface area contributed by atoms with Crippen molar-refractivity contribution in [3.05, 3.63) is 48.0 Å². The van der Waals surface area contributed by atoms with Crippen LogP contribution < -0.4 is 19.5 Å². The molecule has 0 saturated carbocycles. The summed E-state index contributed by atoms with van der Waals surface area (Å²) in [6.07, 6.45) is -0.984. The Morgan fingerprint density at radius 3 is 2.00 bits per heavy atom. The van der Waals surface area contributed by atoms with Crippen molar-refractivity contribution < 1.29 is 28.5 Å². The molecule has 2 aromatic carbocycles. The number of hydrogen-bond acceptors (Lipinski definition) is 6. The van der Waals surface area contributed by atoms with Crippen LogP contribution in [0.15, 0.2) is 42.5 Å². The predicted octanol–water partition coefficient (Wildman–Crippen LogP) is 2.90. The maximum atomic E-state index is 12.4. The van der Waals surface area contributed by atoms with Gasteiger partial charge < -0.3 is 24.3 Å². The molecule has 0 aliphatic carbocycles. The molecule has 0 radical (unpaired) electrons. The van der Waals surface area contributed by atoms with Crippen LogP contribution in [0, 0.1) is 0 Å². The molecule has 0 heterocycles. The highest BCUT2D eigenvalue weighted by molar-refractivity contribution is 5.97. The van der Waals surface area contributed by atoms with E-state index in [1.165, 1.54) is 40.4 Å². The third-order valence-corrected chi connectivity index (χ3v) is 3.59. The molecule has 138 valence electrons. The number of anilines is 1. The van der Waals surface area contributed by atoms with Crippen LogP contribution in [0.1, 0.15) is 17.3 Å². The number of para-hydroxylation sites is 1. The van der Waals surface area contributed by atoms with Gasteiger partial charge in [0.1, 0.15) is 0 Å². The Morgan fingerprint density at radius 2 is 1.50 bits per heavy atom. The van der Waals surface area contributed by atoms with Crippen LogP contribution in [0.4, 0.5) is 5.69 Å². The third-order valence-electron chi connectivity index (χ3n) is 3.59. The van der Waals surface area contributed by atoms with Crippen LogP contribution in [0.2, 0.25) is 0 Å². The van der Waals surface area contributed by atoms with Gasteiger partial charge >= 0.3 is 5.97 Å². The molecule has 1 unspecified atom stereocenters. The van der Waals surface area contributed by atoms with Crippen LogP contribution in [0.5, 0.6) is 17.2 Å². The Balaban J connectivity index is 2.12. The molecule has 0 aliphatic rings. The molecule has 0 saturated heterocycles. The SMILES string of the molecule is COc1cc(C(=O)OC(C)C(=O)Nc2ccccc2)cc(OC)c1OC. The van der Waals surface area contributed by atoms with Crippen LogP contribution in [0.25, 0.3) is 0 Å². The van der Waals surface area contributed by atoms with Crippen LogP contribution in [-0.4, -0.2) is 39.3 Å². The van der Waals surface area contributed by atoms with Gasteiger partial charge in [-0.25, -0.2) is 4.79 Å². The molecule has 7 nitrogen and oxygen atoms in total. The van der Waals surface area contributed by atoms with E-state index in [9.17, 15) is 9.59 Å². The minimum Gasteiger partial charge on any atom is -0.493 e. The highest BCUT2D eigenvalue weighted by Crippen LogP contribution is 2.38. The summed E-state index contributed by atoms with van der Waals surface area (Å²) in [5, 5.41) is 2.68. The van der Waals surface area contributed by atoms with E-state index in [1.54, 1.807) is 24.3 Å². The number of esters is 1. The second kappa shape index (κ2) is 8.75. The maximum absolute atomic E-state index is 12.4. The summed E-state index contributed by atoms with van der Waals surface area (Å²) in [6, 6.07) is 11.8. The summed E-state index contributed by atoms with van der Waals surface area (Å²) in [7, 11) is 4.36. The van der Waals surface area contributed by atoms with E-state index in [0.717, 1.165) is 0 Å². The summed E-state index contributed by atoms with van der Waals surface area (Å²) < 4.78 is 20.9. The fraction of sp³-hybridized carbons (Fsp3) is 0.263. The average molecular weight is 359 g/mol. The van der Waals surface area contributed by atoms with Crippen LogP contribution in [0.3, 0.4) is 0 Å². The predicted molar refractivity (Wildman–Crippen MR) is 96.0 cm³/mol. The number of amides is 1. The fourth-order valence-corrected chi connectivity index (χ4v) is 2.25. The van der Waals surface area contributed by atoms with E-state index in [-0.39, 0.29) is 5.56 Å². The lowest BCUT2D eigenvalue weighted by molar-refractivity contribution is -0.123. The van der Waals surface area contributed by atoms with E-state index in [0.29, 0.717) is 22.9 Å². The van der Waals surface area contributed by atoms with Gasteiger partial charge in [-0.05, 0) is 31.2 Å². The van der Waals surface area contributed by atoms with E-state index < -0.39 is 18.0 Å². The van der Waals surface area contributed by atoms with Gasteiger partial charge in [0.15, 0.2) is 17.6 Å². The summed E-state index contributed by atoms with van der Waals surface area (Å²) in [4.78, 5) is 24.6. The molecule has 2 aromatic rings. The Hall–Kier alpha value is -3.22. The van der Waals surface area contributed by atoms with Gasteiger partial charge in [-0.2, -0.15) is 0 Å². The highest BCUT2D eigenvalue weighted by atomic mass is 16.5. The molecule has 7 heteroatoms. The minimum absolute atomic E-state index is 0.180. The molecule has 2 rings (SSSR count). The first-order valence-electron chi connectivity index (χ1n) is 7.87. The van der Waals surface area contributed by atoms with Gasteiger partial charge in [0.2, 0.25) is 5.75 Å². The third kappa shape index (κ3) is 4.44. The first-order chi connectivity index (χ1) is 12.5. The lowest BCUT2D eigenvalue weighted by atomic mass is 10.2. The van der Waals surface area contributed by atoms with E-state index >= 15 is 0 Å². The molecule has 26 heavy (non-hydrogen) atoms. The van der Waals surface area contributed by atoms with E-state index in [2.05, 4.69) is 5.32 Å². The van der Waals surface area contributed by atoms with Gasteiger partial charge in [-0.1, -0.05) is 18.2 Å². The molecule has 0 bridgehead atoms. The first kappa shape index (κ1) is 19.1. The average Bonchev–Trinajstić information content (AvgIpc) is 2.67. The smallest absolute Gasteiger partial charge is 0.339 e. The van der Waals surface area contributed by atoms with Gasteiger partial charge in [0.05, 0.1) is 26.9 Å². The van der Waals surface area contributed by atoms with Crippen molar-refractivity contribution in [2.24, 2.45) is 0 Å². The van der Waals surface area contributed by atoms with Crippen molar-refractivity contribution in [2.45, 2.75) is 13.0 Å². The second-order valence-electron chi connectivity index (χ2n) is 5.32. The van der Waals surface area contributed by atoms with Crippen LogP contribution in [-0.2, 0) is 9.53 Å². The summed E-state index contributed by atoms with van der Waals surface area (Å²) in [6.45, 7) is 1.49. The second-order valence-corrected chi connectivity index (χ2v) is 5.32. The zero-order chi connectivity index (χ0) is 19.1. The number of carbonyl (C=O) groups excluding carboxylic acids is 2. The summed E-state index contributed by atoms with van der Waals surface area (Å²) in [5.74, 6) is -0.112. The highest BCUT2D eigenvalue weighted by Gasteiger charge is 2.22. The fourth-order valence-electron chi connectivity index (χ4n) is 2.25. The summed E-state index contributed by atoms with van der Waals surface area (Å²) in [5.41, 5.74) is 0.798. The Bertz CT molecular complexity index is 750. The Labute approximate surface area is 151 Å². The number of methoxy groups -OCH3 is 3. The lowest BCUT2D eigenvalue weighted by Gasteiger charge is -2.16. The molecule has 0 aliphatic heterocycles. The number of carbonyl (C=O) groups is 2. The van der Waals surface area contributed by atoms with E-state index in [1.807, 2.05) is 6.07 Å². The number of nitrogens with one attached hydrogen (secondary N) is 1. The topological polar surface area (TPSA) is 83.1 Å².